The molecule has 0 amide bonds. The molecule has 0 aliphatic carbocycles. The molecule has 1 N–H and O–H groups in total. The Hall–Kier alpha value is -1.65. The van der Waals surface area contributed by atoms with Crippen molar-refractivity contribution < 1.29 is 4.79 Å². The number of aromatic nitrogens is 3. The van der Waals surface area contributed by atoms with Gasteiger partial charge in [0.15, 0.2) is 11.9 Å². The third-order valence-corrected chi connectivity index (χ3v) is 1.56. The number of rotatable bonds is 1. The van der Waals surface area contributed by atoms with Crippen molar-refractivity contribution in [3.8, 4) is 0 Å². The molecule has 0 saturated carbocycles. The molecule has 0 aromatic carbocycles. The summed E-state index contributed by atoms with van der Waals surface area (Å²) >= 11 is 0. The third kappa shape index (κ3) is 0.904. The summed E-state index contributed by atoms with van der Waals surface area (Å²) in [4.78, 5) is 21.2. The van der Waals surface area contributed by atoms with Crippen LogP contribution in [0.2, 0.25) is 0 Å². The van der Waals surface area contributed by atoms with Gasteiger partial charge in [-0.1, -0.05) is 0 Å². The van der Waals surface area contributed by atoms with E-state index in [1.165, 1.54) is 6.20 Å². The van der Waals surface area contributed by atoms with Crippen molar-refractivity contribution in [2.75, 3.05) is 0 Å². The fraction of sp³-hybridized carbons (Fsp3) is 0. The Balaban J connectivity index is 2.83. The zero-order valence-corrected chi connectivity index (χ0v) is 6.11. The molecule has 0 fully saturated rings. The SMILES string of the molecule is [B]c1cnc2[nH]cc(C=O)c2n1. The van der Waals surface area contributed by atoms with Crippen LogP contribution in [0.25, 0.3) is 11.2 Å². The number of carbonyl (C=O) groups excluding carboxylic acids is 1. The third-order valence-electron chi connectivity index (χ3n) is 1.56. The van der Waals surface area contributed by atoms with Gasteiger partial charge in [-0.3, -0.25) is 9.78 Å². The Morgan fingerprint density at radius 3 is 3.17 bits per heavy atom. The minimum Gasteiger partial charge on any atom is -0.344 e. The molecule has 0 bridgehead atoms. The van der Waals surface area contributed by atoms with E-state index in [0.29, 0.717) is 28.6 Å². The topological polar surface area (TPSA) is 58.6 Å². The fourth-order valence-electron chi connectivity index (χ4n) is 1.01. The molecule has 0 atom stereocenters. The second-order valence-corrected chi connectivity index (χ2v) is 2.35. The van der Waals surface area contributed by atoms with Gasteiger partial charge in [0.05, 0.1) is 5.56 Å². The zero-order valence-electron chi connectivity index (χ0n) is 6.11. The van der Waals surface area contributed by atoms with E-state index in [1.54, 1.807) is 6.20 Å². The average molecular weight is 157 g/mol. The zero-order chi connectivity index (χ0) is 8.55. The van der Waals surface area contributed by atoms with Gasteiger partial charge in [-0.25, -0.2) is 4.98 Å². The van der Waals surface area contributed by atoms with Gasteiger partial charge in [0.2, 0.25) is 0 Å². The lowest BCUT2D eigenvalue weighted by atomic mass is 10.1. The quantitative estimate of drug-likeness (QED) is 0.451. The Morgan fingerprint density at radius 1 is 1.58 bits per heavy atom. The van der Waals surface area contributed by atoms with E-state index >= 15 is 0 Å². The first-order chi connectivity index (χ1) is 5.81. The van der Waals surface area contributed by atoms with Crippen LogP contribution in [-0.2, 0) is 0 Å². The first kappa shape index (κ1) is 7.03. The van der Waals surface area contributed by atoms with Crippen LogP contribution in [0.4, 0.5) is 0 Å². The summed E-state index contributed by atoms with van der Waals surface area (Å²) in [6.07, 6.45) is 3.71. The van der Waals surface area contributed by atoms with E-state index in [4.69, 9.17) is 7.85 Å². The van der Waals surface area contributed by atoms with Gasteiger partial charge in [-0.15, -0.1) is 0 Å². The molecular formula is C7H4BN3O. The van der Waals surface area contributed by atoms with Crippen molar-refractivity contribution in [3.05, 3.63) is 18.0 Å². The van der Waals surface area contributed by atoms with E-state index in [-0.39, 0.29) is 0 Å². The normalized spacial score (nSPS) is 10.3. The van der Waals surface area contributed by atoms with E-state index in [2.05, 4.69) is 15.0 Å². The smallest absolute Gasteiger partial charge is 0.156 e. The predicted molar refractivity (Wildman–Crippen MR) is 44.7 cm³/mol. The second kappa shape index (κ2) is 2.44. The van der Waals surface area contributed by atoms with Crippen molar-refractivity contribution in [3.63, 3.8) is 0 Å². The molecule has 5 heteroatoms. The van der Waals surface area contributed by atoms with Crippen molar-refractivity contribution in [2.45, 2.75) is 0 Å². The molecule has 12 heavy (non-hydrogen) atoms. The van der Waals surface area contributed by atoms with Gasteiger partial charge in [-0.2, -0.15) is 0 Å². The second-order valence-electron chi connectivity index (χ2n) is 2.35. The van der Waals surface area contributed by atoms with Gasteiger partial charge < -0.3 is 4.98 Å². The van der Waals surface area contributed by atoms with Gasteiger partial charge in [0.25, 0.3) is 0 Å². The van der Waals surface area contributed by atoms with Crippen LogP contribution in [0.3, 0.4) is 0 Å². The number of nitrogens with zero attached hydrogens (tertiary/aromatic N) is 2. The molecule has 0 aliphatic heterocycles. The summed E-state index contributed by atoms with van der Waals surface area (Å²) in [6, 6.07) is 0. The summed E-state index contributed by atoms with van der Waals surface area (Å²) < 4.78 is 0. The number of hydrogen-bond donors (Lipinski definition) is 1. The van der Waals surface area contributed by atoms with E-state index < -0.39 is 0 Å². The molecule has 0 spiro atoms. The number of aldehydes is 1. The number of fused-ring (bicyclic) bond motifs is 1. The Labute approximate surface area is 69.4 Å². The minimum atomic E-state index is 0.310. The molecule has 2 aromatic heterocycles. The average Bonchev–Trinajstić information content (AvgIpc) is 2.46. The molecule has 0 aliphatic rings. The molecular weight excluding hydrogens is 153 g/mol. The number of H-pyrrole nitrogens is 1. The highest BCUT2D eigenvalue weighted by Gasteiger charge is 2.03. The van der Waals surface area contributed by atoms with Gasteiger partial charge in [0.1, 0.15) is 13.4 Å². The van der Waals surface area contributed by atoms with E-state index in [1.807, 2.05) is 0 Å². The van der Waals surface area contributed by atoms with Gasteiger partial charge >= 0.3 is 0 Å². The lowest BCUT2D eigenvalue weighted by Crippen LogP contribution is -2.08. The molecule has 2 aromatic rings. The molecule has 0 saturated heterocycles. The van der Waals surface area contributed by atoms with Crippen LogP contribution in [0.1, 0.15) is 10.4 Å². The van der Waals surface area contributed by atoms with Crippen LogP contribution in [-0.4, -0.2) is 29.1 Å². The first-order valence-electron chi connectivity index (χ1n) is 3.36. The molecule has 2 radical (unpaired) electrons. The summed E-state index contributed by atoms with van der Waals surface area (Å²) in [7, 11) is 5.40. The molecule has 2 rings (SSSR count). The number of nitrogens with one attached hydrogen (secondary N) is 1. The Bertz CT molecular complexity index is 437. The lowest BCUT2D eigenvalue weighted by molar-refractivity contribution is 0.112. The summed E-state index contributed by atoms with van der Waals surface area (Å²) in [6.45, 7) is 0. The number of carbonyl (C=O) groups is 1. The minimum absolute atomic E-state index is 0.310. The van der Waals surface area contributed by atoms with Crippen molar-refractivity contribution >= 4 is 30.9 Å². The first-order valence-corrected chi connectivity index (χ1v) is 3.36. The number of aromatic amines is 1. The lowest BCUT2D eigenvalue weighted by Gasteiger charge is -1.91. The largest absolute Gasteiger partial charge is 0.344 e. The Morgan fingerprint density at radius 2 is 2.42 bits per heavy atom. The van der Waals surface area contributed by atoms with Gasteiger partial charge in [0, 0.05) is 18.0 Å². The van der Waals surface area contributed by atoms with Crippen LogP contribution >= 0.6 is 0 Å². The molecule has 56 valence electrons. The van der Waals surface area contributed by atoms with Crippen LogP contribution < -0.4 is 5.59 Å². The fourth-order valence-corrected chi connectivity index (χ4v) is 1.01. The van der Waals surface area contributed by atoms with Crippen LogP contribution in [0, 0.1) is 0 Å². The highest BCUT2D eigenvalue weighted by molar-refractivity contribution is 6.30. The van der Waals surface area contributed by atoms with Crippen molar-refractivity contribution in [1.29, 1.82) is 0 Å². The number of hydrogen-bond acceptors (Lipinski definition) is 3. The van der Waals surface area contributed by atoms with Gasteiger partial charge in [-0.05, 0) is 0 Å². The maximum atomic E-state index is 10.5. The summed E-state index contributed by atoms with van der Waals surface area (Å²) in [5, 5.41) is 0. The maximum absolute atomic E-state index is 10.5. The highest BCUT2D eigenvalue weighted by Crippen LogP contribution is 2.08. The molecule has 2 heterocycles. The standard InChI is InChI=1S/C7H4BN3O/c8-5-2-10-7-6(11-5)4(3-12)1-9-7/h1-3H,(H,9,10). The molecule has 4 nitrogen and oxygen atoms in total. The summed E-state index contributed by atoms with van der Waals surface area (Å²) in [5.41, 5.74) is 1.88. The monoisotopic (exact) mass is 157 g/mol. The predicted octanol–water partition coefficient (Wildman–Crippen LogP) is -0.436. The van der Waals surface area contributed by atoms with E-state index in [0.717, 1.165) is 0 Å². The van der Waals surface area contributed by atoms with E-state index in [9.17, 15) is 4.79 Å². The van der Waals surface area contributed by atoms with Crippen molar-refractivity contribution in [1.82, 2.24) is 15.0 Å². The maximum Gasteiger partial charge on any atom is 0.156 e. The molecule has 0 unspecified atom stereocenters. The van der Waals surface area contributed by atoms with Crippen LogP contribution in [0.15, 0.2) is 12.4 Å². The summed E-state index contributed by atoms with van der Waals surface area (Å²) in [5.74, 6) is 0. The Kier molecular flexibility index (Phi) is 1.43. The van der Waals surface area contributed by atoms with Crippen molar-refractivity contribution in [2.24, 2.45) is 0 Å². The highest BCUT2D eigenvalue weighted by atomic mass is 16.1. The van der Waals surface area contributed by atoms with Crippen LogP contribution in [0.5, 0.6) is 0 Å².